The van der Waals surface area contributed by atoms with Crippen molar-refractivity contribution in [2.45, 2.75) is 45.3 Å². The van der Waals surface area contributed by atoms with E-state index in [1.165, 1.54) is 12.8 Å². The van der Waals surface area contributed by atoms with Crippen molar-refractivity contribution in [3.05, 3.63) is 18.5 Å². The molecule has 14 heavy (non-hydrogen) atoms. The quantitative estimate of drug-likeness (QED) is 0.770. The van der Waals surface area contributed by atoms with Crippen molar-refractivity contribution in [3.63, 3.8) is 0 Å². The summed E-state index contributed by atoms with van der Waals surface area (Å²) in [6.07, 6.45) is 6.66. The number of rotatable bonds is 5. The van der Waals surface area contributed by atoms with Gasteiger partial charge >= 0.3 is 0 Å². The molecular weight excluding hydrogens is 174 g/mol. The molecule has 1 heterocycles. The summed E-state index contributed by atoms with van der Waals surface area (Å²) in [5.41, 5.74) is 0. The van der Waals surface area contributed by atoms with Crippen LogP contribution in [0.3, 0.4) is 0 Å². The van der Waals surface area contributed by atoms with Crippen molar-refractivity contribution in [1.29, 1.82) is 0 Å². The molecule has 1 aromatic heterocycles. The summed E-state index contributed by atoms with van der Waals surface area (Å²) in [5, 5.41) is 7.82. The van der Waals surface area contributed by atoms with Crippen molar-refractivity contribution in [2.75, 3.05) is 0 Å². The summed E-state index contributed by atoms with van der Waals surface area (Å²) in [7, 11) is 0. The van der Waals surface area contributed by atoms with E-state index in [1.807, 2.05) is 23.1 Å². The van der Waals surface area contributed by atoms with E-state index in [9.17, 15) is 0 Å². The van der Waals surface area contributed by atoms with Gasteiger partial charge in [0.2, 0.25) is 0 Å². The molecule has 0 spiro atoms. The normalized spacial score (nSPS) is 20.7. The molecule has 1 N–H and O–H groups in total. The summed E-state index contributed by atoms with van der Waals surface area (Å²) >= 11 is 0. The average molecular weight is 193 g/mol. The Morgan fingerprint density at radius 1 is 1.50 bits per heavy atom. The van der Waals surface area contributed by atoms with Crippen LogP contribution in [-0.4, -0.2) is 21.9 Å². The van der Waals surface area contributed by atoms with Gasteiger partial charge in [0, 0.05) is 24.5 Å². The van der Waals surface area contributed by atoms with Gasteiger partial charge in [-0.1, -0.05) is 0 Å². The predicted molar refractivity (Wildman–Crippen MR) is 57.0 cm³/mol. The molecule has 2 rings (SSSR count). The van der Waals surface area contributed by atoms with Gasteiger partial charge in [-0.25, -0.2) is 0 Å². The third-order valence-electron chi connectivity index (χ3n) is 2.90. The molecule has 0 bridgehead atoms. The summed E-state index contributed by atoms with van der Waals surface area (Å²) in [6, 6.07) is 3.14. The number of hydrogen-bond acceptors (Lipinski definition) is 2. The van der Waals surface area contributed by atoms with Gasteiger partial charge in [-0.05, 0) is 38.7 Å². The minimum Gasteiger partial charge on any atom is -0.310 e. The Kier molecular flexibility index (Phi) is 2.87. The molecule has 1 aliphatic carbocycles. The first-order valence-corrected chi connectivity index (χ1v) is 5.49. The smallest absolute Gasteiger partial charge is 0.0560 e. The second-order valence-electron chi connectivity index (χ2n) is 4.42. The van der Waals surface area contributed by atoms with E-state index in [0.29, 0.717) is 12.1 Å². The fraction of sp³-hybridized carbons (Fsp3) is 0.727. The Labute approximate surface area is 85.5 Å². The Hall–Kier alpha value is -0.830. The minimum atomic E-state index is 0.505. The van der Waals surface area contributed by atoms with Crippen molar-refractivity contribution >= 4 is 0 Å². The lowest BCUT2D eigenvalue weighted by molar-refractivity contribution is 0.385. The zero-order chi connectivity index (χ0) is 9.97. The Balaban J connectivity index is 1.75. The highest BCUT2D eigenvalue weighted by Gasteiger charge is 2.28. The molecule has 0 saturated heterocycles. The molecule has 3 heteroatoms. The molecular formula is C11H19N3. The molecule has 0 aromatic carbocycles. The van der Waals surface area contributed by atoms with Gasteiger partial charge in [0.25, 0.3) is 0 Å². The summed E-state index contributed by atoms with van der Waals surface area (Å²) in [5.74, 6) is 0.926. The largest absolute Gasteiger partial charge is 0.310 e. The van der Waals surface area contributed by atoms with Crippen LogP contribution >= 0.6 is 0 Å². The highest BCUT2D eigenvalue weighted by atomic mass is 15.3. The van der Waals surface area contributed by atoms with Gasteiger partial charge in [0.1, 0.15) is 0 Å². The Morgan fingerprint density at radius 2 is 2.29 bits per heavy atom. The monoisotopic (exact) mass is 193 g/mol. The van der Waals surface area contributed by atoms with Gasteiger partial charge < -0.3 is 5.32 Å². The van der Waals surface area contributed by atoms with Crippen LogP contribution in [0.2, 0.25) is 0 Å². The third-order valence-corrected chi connectivity index (χ3v) is 2.90. The average Bonchev–Trinajstić information content (AvgIpc) is 2.87. The molecule has 0 aliphatic heterocycles. The Morgan fingerprint density at radius 3 is 2.86 bits per heavy atom. The highest BCUT2D eigenvalue weighted by molar-refractivity contribution is 4.85. The molecule has 2 atom stereocenters. The molecule has 0 radical (unpaired) electrons. The van der Waals surface area contributed by atoms with E-state index in [4.69, 9.17) is 0 Å². The maximum absolute atomic E-state index is 4.20. The third kappa shape index (κ3) is 2.58. The van der Waals surface area contributed by atoms with Crippen LogP contribution < -0.4 is 5.32 Å². The molecule has 3 nitrogen and oxygen atoms in total. The van der Waals surface area contributed by atoms with E-state index in [2.05, 4.69) is 24.3 Å². The summed E-state index contributed by atoms with van der Waals surface area (Å²) < 4.78 is 1.98. The molecule has 2 unspecified atom stereocenters. The lowest BCUT2D eigenvalue weighted by atomic mass is 10.2. The first-order chi connectivity index (χ1) is 6.75. The number of nitrogens with zero attached hydrogens (tertiary/aromatic N) is 2. The van der Waals surface area contributed by atoms with Crippen LogP contribution in [0.1, 0.15) is 26.7 Å². The first-order valence-electron chi connectivity index (χ1n) is 5.49. The SMILES string of the molecule is CC(Cn1cccn1)NC(C)C1CC1. The molecule has 78 valence electrons. The second kappa shape index (κ2) is 4.13. The molecule has 1 aromatic rings. The zero-order valence-corrected chi connectivity index (χ0v) is 8.98. The molecule has 1 saturated carbocycles. The van der Waals surface area contributed by atoms with Crippen LogP contribution in [0, 0.1) is 5.92 Å². The van der Waals surface area contributed by atoms with Crippen LogP contribution in [0.5, 0.6) is 0 Å². The number of nitrogens with one attached hydrogen (secondary N) is 1. The van der Waals surface area contributed by atoms with Crippen LogP contribution in [0.15, 0.2) is 18.5 Å². The maximum Gasteiger partial charge on any atom is 0.0560 e. The lowest BCUT2D eigenvalue weighted by Gasteiger charge is -2.19. The fourth-order valence-corrected chi connectivity index (χ4v) is 1.92. The Bertz CT molecular complexity index is 264. The van der Waals surface area contributed by atoms with E-state index in [1.54, 1.807) is 0 Å². The zero-order valence-electron chi connectivity index (χ0n) is 8.98. The summed E-state index contributed by atoms with van der Waals surface area (Å²) in [6.45, 7) is 5.47. The minimum absolute atomic E-state index is 0.505. The van der Waals surface area contributed by atoms with Gasteiger partial charge in [-0.15, -0.1) is 0 Å². The van der Waals surface area contributed by atoms with Gasteiger partial charge in [0.15, 0.2) is 0 Å². The van der Waals surface area contributed by atoms with Gasteiger partial charge in [0.05, 0.1) is 6.54 Å². The van der Waals surface area contributed by atoms with Crippen molar-refractivity contribution in [3.8, 4) is 0 Å². The fourth-order valence-electron chi connectivity index (χ4n) is 1.92. The van der Waals surface area contributed by atoms with Crippen LogP contribution in [0.4, 0.5) is 0 Å². The van der Waals surface area contributed by atoms with E-state index in [0.717, 1.165) is 12.5 Å². The molecule has 1 fully saturated rings. The van der Waals surface area contributed by atoms with Crippen molar-refractivity contribution < 1.29 is 0 Å². The van der Waals surface area contributed by atoms with Crippen molar-refractivity contribution in [2.24, 2.45) is 5.92 Å². The van der Waals surface area contributed by atoms with E-state index in [-0.39, 0.29) is 0 Å². The molecule has 0 amide bonds. The standard InChI is InChI=1S/C11H19N3/c1-9(8-14-7-3-6-12-14)13-10(2)11-4-5-11/h3,6-7,9-11,13H,4-5,8H2,1-2H3. The lowest BCUT2D eigenvalue weighted by Crippen LogP contribution is -2.38. The van der Waals surface area contributed by atoms with Crippen LogP contribution in [0.25, 0.3) is 0 Å². The predicted octanol–water partition coefficient (Wildman–Crippen LogP) is 1.66. The van der Waals surface area contributed by atoms with E-state index >= 15 is 0 Å². The van der Waals surface area contributed by atoms with Gasteiger partial charge in [-0.2, -0.15) is 5.10 Å². The summed E-state index contributed by atoms with van der Waals surface area (Å²) in [4.78, 5) is 0. The first kappa shape index (κ1) is 9.71. The van der Waals surface area contributed by atoms with Crippen LogP contribution in [-0.2, 0) is 6.54 Å². The molecule has 1 aliphatic rings. The van der Waals surface area contributed by atoms with Crippen molar-refractivity contribution in [1.82, 2.24) is 15.1 Å². The van der Waals surface area contributed by atoms with E-state index < -0.39 is 0 Å². The maximum atomic E-state index is 4.20. The van der Waals surface area contributed by atoms with Gasteiger partial charge in [-0.3, -0.25) is 4.68 Å². The number of aromatic nitrogens is 2. The second-order valence-corrected chi connectivity index (χ2v) is 4.42. The topological polar surface area (TPSA) is 29.9 Å². The highest BCUT2D eigenvalue weighted by Crippen LogP contribution is 2.32. The number of hydrogen-bond donors (Lipinski definition) is 1.